The molecule has 0 unspecified atom stereocenters. The normalized spacial score (nSPS) is 16.8. The summed E-state index contributed by atoms with van der Waals surface area (Å²) in [5.74, 6) is 0.146. The summed E-state index contributed by atoms with van der Waals surface area (Å²) < 4.78 is 38.3. The quantitative estimate of drug-likeness (QED) is 0.693. The smallest absolute Gasteiger partial charge is 0.166 e. The van der Waals surface area contributed by atoms with E-state index < -0.39 is 11.7 Å². The molecule has 1 aromatic carbocycles. The van der Waals surface area contributed by atoms with Crippen LogP contribution in [0.4, 0.5) is 13.2 Å². The second-order valence-electron chi connectivity index (χ2n) is 4.05. The number of alkyl halides is 3. The van der Waals surface area contributed by atoms with Gasteiger partial charge < -0.3 is 0 Å². The Morgan fingerprint density at radius 3 is 2.40 bits per heavy atom. The van der Waals surface area contributed by atoms with Crippen LogP contribution in [0.1, 0.15) is 42.4 Å². The molecule has 0 saturated heterocycles. The molecular weight excluding hydrogens is 201 g/mol. The minimum Gasteiger partial charge on any atom is -0.166 e. The van der Waals surface area contributed by atoms with Crippen molar-refractivity contribution in [2.75, 3.05) is 0 Å². The van der Waals surface area contributed by atoms with Gasteiger partial charge in [-0.2, -0.15) is 13.2 Å². The zero-order valence-corrected chi connectivity index (χ0v) is 8.56. The molecule has 0 radical (unpaired) electrons. The summed E-state index contributed by atoms with van der Waals surface area (Å²) in [5.41, 5.74) is 0.816. The molecule has 2 rings (SSSR count). The van der Waals surface area contributed by atoms with Crippen molar-refractivity contribution in [1.82, 2.24) is 0 Å². The van der Waals surface area contributed by atoms with Gasteiger partial charge in [-0.3, -0.25) is 0 Å². The van der Waals surface area contributed by atoms with Crippen LogP contribution < -0.4 is 0 Å². The molecule has 0 aromatic heterocycles. The fourth-order valence-corrected chi connectivity index (χ4v) is 1.82. The molecule has 0 spiro atoms. The SMILES string of the molecule is CCc1ccc(C2CC2)c(C(F)(F)F)c1. The fraction of sp³-hybridized carbons (Fsp3) is 0.500. The van der Waals surface area contributed by atoms with Gasteiger partial charge in [0.25, 0.3) is 0 Å². The third-order valence-corrected chi connectivity index (χ3v) is 2.85. The van der Waals surface area contributed by atoms with Gasteiger partial charge in [0.2, 0.25) is 0 Å². The Hall–Kier alpha value is -0.990. The highest BCUT2D eigenvalue weighted by Gasteiger charge is 2.37. The molecule has 15 heavy (non-hydrogen) atoms. The predicted molar refractivity (Wildman–Crippen MR) is 52.8 cm³/mol. The largest absolute Gasteiger partial charge is 0.416 e. The van der Waals surface area contributed by atoms with E-state index in [1.165, 1.54) is 6.07 Å². The van der Waals surface area contributed by atoms with E-state index in [1.54, 1.807) is 6.07 Å². The van der Waals surface area contributed by atoms with Crippen molar-refractivity contribution in [1.29, 1.82) is 0 Å². The van der Waals surface area contributed by atoms with Gasteiger partial charge in [0.15, 0.2) is 0 Å². The lowest BCUT2D eigenvalue weighted by molar-refractivity contribution is -0.138. The number of rotatable bonds is 2. The number of benzene rings is 1. The summed E-state index contributed by atoms with van der Waals surface area (Å²) >= 11 is 0. The van der Waals surface area contributed by atoms with Gasteiger partial charge in [-0.15, -0.1) is 0 Å². The molecule has 1 fully saturated rings. The zero-order chi connectivity index (χ0) is 11.1. The van der Waals surface area contributed by atoms with E-state index in [9.17, 15) is 13.2 Å². The third kappa shape index (κ3) is 2.16. The molecule has 1 saturated carbocycles. The van der Waals surface area contributed by atoms with Crippen molar-refractivity contribution in [2.45, 2.75) is 38.3 Å². The number of hydrogen-bond donors (Lipinski definition) is 0. The summed E-state index contributed by atoms with van der Waals surface area (Å²) in [4.78, 5) is 0. The Labute approximate surface area is 87.1 Å². The van der Waals surface area contributed by atoms with Gasteiger partial charge in [-0.25, -0.2) is 0 Å². The Bertz CT molecular complexity index is 362. The lowest BCUT2D eigenvalue weighted by Crippen LogP contribution is -2.09. The topological polar surface area (TPSA) is 0 Å². The van der Waals surface area contributed by atoms with Gasteiger partial charge in [-0.1, -0.05) is 19.1 Å². The molecular formula is C12H13F3. The van der Waals surface area contributed by atoms with Crippen molar-refractivity contribution in [3.63, 3.8) is 0 Å². The standard InChI is InChI=1S/C12H13F3/c1-2-8-3-6-10(9-4-5-9)11(7-8)12(13,14)15/h3,6-7,9H,2,4-5H2,1H3. The van der Waals surface area contributed by atoms with Crippen LogP contribution in [0.15, 0.2) is 18.2 Å². The average Bonchev–Trinajstić information content (AvgIpc) is 2.99. The van der Waals surface area contributed by atoms with E-state index in [0.29, 0.717) is 12.0 Å². The van der Waals surface area contributed by atoms with Crippen LogP contribution in [-0.4, -0.2) is 0 Å². The maximum absolute atomic E-state index is 12.8. The van der Waals surface area contributed by atoms with Gasteiger partial charge in [0.1, 0.15) is 0 Å². The van der Waals surface area contributed by atoms with E-state index in [4.69, 9.17) is 0 Å². The number of hydrogen-bond acceptors (Lipinski definition) is 0. The average molecular weight is 214 g/mol. The van der Waals surface area contributed by atoms with Crippen molar-refractivity contribution >= 4 is 0 Å². The van der Waals surface area contributed by atoms with Crippen LogP contribution in [-0.2, 0) is 12.6 Å². The maximum Gasteiger partial charge on any atom is 0.416 e. The van der Waals surface area contributed by atoms with E-state index in [0.717, 1.165) is 18.4 Å². The van der Waals surface area contributed by atoms with Gasteiger partial charge in [0, 0.05) is 0 Å². The predicted octanol–water partition coefficient (Wildman–Crippen LogP) is 4.15. The third-order valence-electron chi connectivity index (χ3n) is 2.85. The summed E-state index contributed by atoms with van der Waals surface area (Å²) in [5, 5.41) is 0. The molecule has 0 aliphatic heterocycles. The van der Waals surface area contributed by atoms with Crippen LogP contribution in [0.25, 0.3) is 0 Å². The molecule has 1 aromatic rings. The lowest BCUT2D eigenvalue weighted by Gasteiger charge is -2.13. The monoisotopic (exact) mass is 214 g/mol. The first-order valence-corrected chi connectivity index (χ1v) is 5.22. The second kappa shape index (κ2) is 3.54. The van der Waals surface area contributed by atoms with Gasteiger partial charge in [0.05, 0.1) is 5.56 Å². The first-order chi connectivity index (χ1) is 7.02. The maximum atomic E-state index is 12.8. The molecule has 82 valence electrons. The lowest BCUT2D eigenvalue weighted by atomic mass is 9.99. The zero-order valence-electron chi connectivity index (χ0n) is 8.56. The summed E-state index contributed by atoms with van der Waals surface area (Å²) in [6, 6.07) is 4.76. The Kier molecular flexibility index (Phi) is 2.49. The summed E-state index contributed by atoms with van der Waals surface area (Å²) in [6.07, 6.45) is -1.76. The van der Waals surface area contributed by atoms with Crippen LogP contribution in [0.2, 0.25) is 0 Å². The highest BCUT2D eigenvalue weighted by molar-refractivity contribution is 5.38. The van der Waals surface area contributed by atoms with Crippen LogP contribution >= 0.6 is 0 Å². The molecule has 0 N–H and O–H groups in total. The Morgan fingerprint density at radius 2 is 1.93 bits per heavy atom. The minimum atomic E-state index is -4.21. The highest BCUT2D eigenvalue weighted by Crippen LogP contribution is 2.46. The number of aryl methyl sites for hydroxylation is 1. The van der Waals surface area contributed by atoms with E-state index in [2.05, 4.69) is 0 Å². The van der Waals surface area contributed by atoms with E-state index in [1.807, 2.05) is 13.0 Å². The summed E-state index contributed by atoms with van der Waals surface area (Å²) in [7, 11) is 0. The van der Waals surface area contributed by atoms with Crippen LogP contribution in [0.3, 0.4) is 0 Å². The molecule has 0 amide bonds. The molecule has 0 atom stereocenters. The first-order valence-electron chi connectivity index (χ1n) is 5.22. The molecule has 0 heterocycles. The van der Waals surface area contributed by atoms with Gasteiger partial charge in [-0.05, 0) is 42.4 Å². The first kappa shape index (κ1) is 10.5. The molecule has 1 aliphatic carbocycles. The van der Waals surface area contributed by atoms with Crippen molar-refractivity contribution in [3.8, 4) is 0 Å². The van der Waals surface area contributed by atoms with Crippen molar-refractivity contribution < 1.29 is 13.2 Å². The van der Waals surface area contributed by atoms with Crippen molar-refractivity contribution in [2.24, 2.45) is 0 Å². The second-order valence-corrected chi connectivity index (χ2v) is 4.05. The Balaban J connectivity index is 2.45. The highest BCUT2D eigenvalue weighted by atomic mass is 19.4. The summed E-state index contributed by atoms with van der Waals surface area (Å²) in [6.45, 7) is 1.87. The van der Waals surface area contributed by atoms with Crippen LogP contribution in [0.5, 0.6) is 0 Å². The molecule has 1 aliphatic rings. The molecule has 3 heteroatoms. The van der Waals surface area contributed by atoms with Crippen molar-refractivity contribution in [3.05, 3.63) is 34.9 Å². The van der Waals surface area contributed by atoms with E-state index in [-0.39, 0.29) is 5.92 Å². The fourth-order valence-electron chi connectivity index (χ4n) is 1.82. The molecule has 0 bridgehead atoms. The van der Waals surface area contributed by atoms with Crippen LogP contribution in [0, 0.1) is 0 Å². The molecule has 0 nitrogen and oxygen atoms in total. The van der Waals surface area contributed by atoms with E-state index >= 15 is 0 Å². The minimum absolute atomic E-state index is 0.146. The van der Waals surface area contributed by atoms with Gasteiger partial charge >= 0.3 is 6.18 Å². The number of halogens is 3. The Morgan fingerprint density at radius 1 is 1.27 bits per heavy atom.